The lowest BCUT2D eigenvalue weighted by molar-refractivity contribution is -0.133. The molecular formula is C10H14N2O3. The van der Waals surface area contributed by atoms with Crippen LogP contribution in [0.3, 0.4) is 0 Å². The number of amides is 1. The van der Waals surface area contributed by atoms with Gasteiger partial charge in [-0.25, -0.2) is 4.79 Å². The second-order valence-corrected chi connectivity index (χ2v) is 3.07. The minimum Gasteiger partial charge on any atom is -0.478 e. The largest absolute Gasteiger partial charge is 0.478 e. The summed E-state index contributed by atoms with van der Waals surface area (Å²) in [7, 11) is 0. The summed E-state index contributed by atoms with van der Waals surface area (Å²) in [6.45, 7) is 5.26. The third-order valence-electron chi connectivity index (χ3n) is 1.85. The number of aliphatic carboxylic acids is 1. The molecule has 1 amide bonds. The fraction of sp³-hybridized carbons (Fsp3) is 0.500. The van der Waals surface area contributed by atoms with Crippen LogP contribution in [0.2, 0.25) is 0 Å². The zero-order valence-electron chi connectivity index (χ0n) is 8.62. The molecule has 5 heteroatoms. The van der Waals surface area contributed by atoms with Gasteiger partial charge in [0.25, 0.3) is 0 Å². The maximum Gasteiger partial charge on any atom is 0.333 e. The quantitative estimate of drug-likeness (QED) is 0.635. The summed E-state index contributed by atoms with van der Waals surface area (Å²) in [5, 5.41) is 19.4. The molecule has 0 saturated heterocycles. The second-order valence-electron chi connectivity index (χ2n) is 3.07. The maximum atomic E-state index is 11.1. The van der Waals surface area contributed by atoms with E-state index >= 15 is 0 Å². The minimum absolute atomic E-state index is 0.0526. The first kappa shape index (κ1) is 13.2. The van der Waals surface area contributed by atoms with Crippen molar-refractivity contribution in [3.8, 4) is 6.07 Å². The van der Waals surface area contributed by atoms with E-state index in [1.54, 1.807) is 6.07 Å². The van der Waals surface area contributed by atoms with Crippen molar-refractivity contribution >= 4 is 11.9 Å². The number of hydrogen-bond acceptors (Lipinski definition) is 3. The summed E-state index contributed by atoms with van der Waals surface area (Å²) in [6.07, 6.45) is 0.958. The standard InChI is InChI=1S/C10H14N2O3/c1-3-4-8(7(2)10(14)15)12-9(13)5-6-11/h8H,2-5H2,1H3,(H,12,13)(H,14,15). The number of carbonyl (C=O) groups is 2. The zero-order valence-corrected chi connectivity index (χ0v) is 8.62. The Hall–Kier alpha value is -1.83. The van der Waals surface area contributed by atoms with Crippen LogP contribution in [0.1, 0.15) is 26.2 Å². The SMILES string of the molecule is C=C(C(=O)O)C(CCC)NC(=O)CC#N. The van der Waals surface area contributed by atoms with Crippen LogP contribution in [0.25, 0.3) is 0 Å². The number of rotatable bonds is 6. The van der Waals surface area contributed by atoms with Gasteiger partial charge in [-0.15, -0.1) is 0 Å². The number of nitrogens with one attached hydrogen (secondary N) is 1. The molecule has 0 spiro atoms. The highest BCUT2D eigenvalue weighted by Crippen LogP contribution is 2.07. The first-order valence-electron chi connectivity index (χ1n) is 4.61. The van der Waals surface area contributed by atoms with Gasteiger partial charge in [-0.2, -0.15) is 5.26 Å². The Kier molecular flexibility index (Phi) is 5.79. The number of carboxylic acid groups (broad SMARTS) is 1. The number of nitrogens with zero attached hydrogens (tertiary/aromatic N) is 1. The molecule has 5 nitrogen and oxygen atoms in total. The minimum atomic E-state index is -1.13. The number of carboxylic acids is 1. The average molecular weight is 210 g/mol. The van der Waals surface area contributed by atoms with Crippen LogP contribution in [0.5, 0.6) is 0 Å². The van der Waals surface area contributed by atoms with Crippen molar-refractivity contribution in [2.75, 3.05) is 0 Å². The summed E-state index contributed by atoms with van der Waals surface area (Å²) in [6, 6.07) is 1.10. The predicted octanol–water partition coefficient (Wildman–Crippen LogP) is 0.826. The van der Waals surface area contributed by atoms with E-state index in [0.717, 1.165) is 6.42 Å². The molecule has 0 aliphatic heterocycles. The summed E-state index contributed by atoms with van der Waals surface area (Å²) in [5.74, 6) is -1.61. The monoisotopic (exact) mass is 210 g/mol. The molecule has 1 unspecified atom stereocenters. The Labute approximate surface area is 88.4 Å². The first-order chi connectivity index (χ1) is 7.02. The van der Waals surface area contributed by atoms with Crippen LogP contribution in [0.15, 0.2) is 12.2 Å². The summed E-state index contributed by atoms with van der Waals surface area (Å²) in [5.41, 5.74) is -0.0526. The van der Waals surface area contributed by atoms with E-state index in [9.17, 15) is 9.59 Å². The van der Waals surface area contributed by atoms with E-state index in [-0.39, 0.29) is 12.0 Å². The van der Waals surface area contributed by atoms with Gasteiger partial charge in [0.15, 0.2) is 0 Å². The van der Waals surface area contributed by atoms with Crippen molar-refractivity contribution in [2.45, 2.75) is 32.2 Å². The van der Waals surface area contributed by atoms with Crippen molar-refractivity contribution in [3.63, 3.8) is 0 Å². The molecule has 0 heterocycles. The molecule has 2 N–H and O–H groups in total. The summed E-state index contributed by atoms with van der Waals surface area (Å²) in [4.78, 5) is 21.7. The molecule has 0 aromatic rings. The third kappa shape index (κ3) is 4.81. The molecule has 0 rings (SSSR count). The van der Waals surface area contributed by atoms with Crippen LogP contribution in [0, 0.1) is 11.3 Å². The Morgan fingerprint density at radius 3 is 2.60 bits per heavy atom. The topological polar surface area (TPSA) is 90.2 Å². The smallest absolute Gasteiger partial charge is 0.333 e. The molecule has 0 bridgehead atoms. The molecule has 0 radical (unpaired) electrons. The van der Waals surface area contributed by atoms with E-state index < -0.39 is 17.9 Å². The van der Waals surface area contributed by atoms with Gasteiger partial charge < -0.3 is 10.4 Å². The Morgan fingerprint density at radius 2 is 2.20 bits per heavy atom. The first-order valence-corrected chi connectivity index (χ1v) is 4.61. The fourth-order valence-electron chi connectivity index (χ4n) is 1.09. The van der Waals surface area contributed by atoms with Crippen LogP contribution < -0.4 is 5.32 Å². The lowest BCUT2D eigenvalue weighted by atomic mass is 10.0. The summed E-state index contributed by atoms with van der Waals surface area (Å²) < 4.78 is 0. The molecule has 0 aromatic heterocycles. The second kappa shape index (κ2) is 6.60. The lowest BCUT2D eigenvalue weighted by Crippen LogP contribution is -2.37. The maximum absolute atomic E-state index is 11.1. The Balaban J connectivity index is 4.41. The van der Waals surface area contributed by atoms with Crippen molar-refractivity contribution in [3.05, 3.63) is 12.2 Å². The number of hydrogen-bond donors (Lipinski definition) is 2. The molecule has 15 heavy (non-hydrogen) atoms. The molecule has 0 saturated carbocycles. The zero-order chi connectivity index (χ0) is 11.8. The molecule has 0 aliphatic carbocycles. The molecular weight excluding hydrogens is 196 g/mol. The lowest BCUT2D eigenvalue weighted by Gasteiger charge is -2.17. The molecule has 0 aromatic carbocycles. The predicted molar refractivity (Wildman–Crippen MR) is 53.8 cm³/mol. The van der Waals surface area contributed by atoms with Gasteiger partial charge in [-0.3, -0.25) is 4.79 Å². The van der Waals surface area contributed by atoms with Crippen molar-refractivity contribution in [2.24, 2.45) is 0 Å². The van der Waals surface area contributed by atoms with Crippen LogP contribution >= 0.6 is 0 Å². The van der Waals surface area contributed by atoms with Crippen molar-refractivity contribution in [1.29, 1.82) is 5.26 Å². The number of carbonyl (C=O) groups excluding carboxylic acids is 1. The van der Waals surface area contributed by atoms with Crippen LogP contribution in [0.4, 0.5) is 0 Å². The fourth-order valence-corrected chi connectivity index (χ4v) is 1.09. The van der Waals surface area contributed by atoms with Crippen molar-refractivity contribution in [1.82, 2.24) is 5.32 Å². The third-order valence-corrected chi connectivity index (χ3v) is 1.85. The molecule has 1 atom stereocenters. The van der Waals surface area contributed by atoms with E-state index in [1.165, 1.54) is 0 Å². The highest BCUT2D eigenvalue weighted by Gasteiger charge is 2.19. The van der Waals surface area contributed by atoms with Crippen LogP contribution in [-0.2, 0) is 9.59 Å². The molecule has 0 aliphatic rings. The number of nitriles is 1. The van der Waals surface area contributed by atoms with Gasteiger partial charge in [0.2, 0.25) is 5.91 Å². The highest BCUT2D eigenvalue weighted by atomic mass is 16.4. The van der Waals surface area contributed by atoms with Gasteiger partial charge >= 0.3 is 5.97 Å². The highest BCUT2D eigenvalue weighted by molar-refractivity contribution is 5.89. The molecule has 82 valence electrons. The van der Waals surface area contributed by atoms with E-state index in [0.29, 0.717) is 6.42 Å². The van der Waals surface area contributed by atoms with Gasteiger partial charge in [0, 0.05) is 0 Å². The average Bonchev–Trinajstić information content (AvgIpc) is 2.16. The Bertz CT molecular complexity index is 304. The van der Waals surface area contributed by atoms with Gasteiger partial charge in [0.05, 0.1) is 17.7 Å². The van der Waals surface area contributed by atoms with Gasteiger partial charge in [0.1, 0.15) is 6.42 Å². The Morgan fingerprint density at radius 1 is 1.60 bits per heavy atom. The van der Waals surface area contributed by atoms with E-state index in [1.807, 2.05) is 6.92 Å². The van der Waals surface area contributed by atoms with E-state index in [4.69, 9.17) is 10.4 Å². The molecule has 0 fully saturated rings. The normalized spacial score (nSPS) is 11.2. The van der Waals surface area contributed by atoms with Crippen LogP contribution in [-0.4, -0.2) is 23.0 Å². The van der Waals surface area contributed by atoms with Gasteiger partial charge in [-0.05, 0) is 6.42 Å². The van der Waals surface area contributed by atoms with Gasteiger partial charge in [-0.1, -0.05) is 19.9 Å². The van der Waals surface area contributed by atoms with E-state index in [2.05, 4.69) is 11.9 Å². The summed E-state index contributed by atoms with van der Waals surface area (Å²) >= 11 is 0. The van der Waals surface area contributed by atoms with Crippen molar-refractivity contribution < 1.29 is 14.7 Å².